The van der Waals surface area contributed by atoms with Gasteiger partial charge in [0.05, 0.1) is 16.1 Å². The van der Waals surface area contributed by atoms with Crippen LogP contribution in [0.4, 0.5) is 0 Å². The van der Waals surface area contributed by atoms with Crippen LogP contribution in [-0.4, -0.2) is 22.2 Å². The molecule has 0 radical (unpaired) electrons. The van der Waals surface area contributed by atoms with Crippen LogP contribution in [0.2, 0.25) is 10.0 Å². The number of rotatable bonds is 3. The smallest absolute Gasteiger partial charge is 0.337 e. The summed E-state index contributed by atoms with van der Waals surface area (Å²) in [6.07, 6.45) is 0. The van der Waals surface area contributed by atoms with Crippen LogP contribution in [0, 0.1) is 6.92 Å². The van der Waals surface area contributed by atoms with E-state index in [4.69, 9.17) is 23.2 Å². The lowest BCUT2D eigenvalue weighted by Gasteiger charge is -2.13. The van der Waals surface area contributed by atoms with E-state index in [9.17, 15) is 19.8 Å². The third-order valence-electron chi connectivity index (χ3n) is 3.12. The monoisotopic (exact) mass is 324 g/mol. The fraction of sp³-hybridized carbons (Fsp3) is 0.0667. The van der Waals surface area contributed by atoms with E-state index in [-0.39, 0.29) is 16.1 Å². The van der Waals surface area contributed by atoms with E-state index in [0.717, 1.165) is 0 Å². The van der Waals surface area contributed by atoms with Crippen molar-refractivity contribution >= 4 is 35.1 Å². The van der Waals surface area contributed by atoms with Crippen LogP contribution in [0.3, 0.4) is 0 Å². The summed E-state index contributed by atoms with van der Waals surface area (Å²) in [6.45, 7) is 1.59. The molecule has 108 valence electrons. The van der Waals surface area contributed by atoms with Gasteiger partial charge in [-0.3, -0.25) is 0 Å². The molecule has 2 aromatic rings. The molecule has 2 aromatic carbocycles. The van der Waals surface area contributed by atoms with E-state index in [1.165, 1.54) is 6.07 Å². The van der Waals surface area contributed by atoms with Gasteiger partial charge in [-0.2, -0.15) is 0 Å². The summed E-state index contributed by atoms with van der Waals surface area (Å²) in [7, 11) is 0. The first-order chi connectivity index (χ1) is 9.82. The van der Waals surface area contributed by atoms with Gasteiger partial charge in [0.25, 0.3) is 0 Å². The molecule has 6 heteroatoms. The standard InChI is InChI=1S/C15H10Cl2O4/c1-7-10(8-2-4-9(16)5-3-8)6-11(14(18)19)13(17)12(7)15(20)21/h2-6H,1H3,(H,18,19)(H,20,21). The van der Waals surface area contributed by atoms with Gasteiger partial charge in [0.2, 0.25) is 0 Å². The van der Waals surface area contributed by atoms with Gasteiger partial charge in [-0.15, -0.1) is 0 Å². The molecule has 0 bridgehead atoms. The summed E-state index contributed by atoms with van der Waals surface area (Å²) in [4.78, 5) is 22.6. The molecule has 0 aliphatic carbocycles. The quantitative estimate of drug-likeness (QED) is 0.879. The SMILES string of the molecule is Cc1c(-c2ccc(Cl)cc2)cc(C(=O)O)c(Cl)c1C(=O)O. The molecule has 21 heavy (non-hydrogen) atoms. The molecule has 0 aromatic heterocycles. The average molecular weight is 325 g/mol. The molecule has 0 amide bonds. The zero-order valence-electron chi connectivity index (χ0n) is 10.9. The fourth-order valence-electron chi connectivity index (χ4n) is 2.09. The van der Waals surface area contributed by atoms with Gasteiger partial charge in [-0.05, 0) is 41.8 Å². The van der Waals surface area contributed by atoms with Crippen molar-refractivity contribution in [3.05, 3.63) is 57.1 Å². The number of hydrogen-bond donors (Lipinski definition) is 2. The van der Waals surface area contributed by atoms with E-state index in [1.54, 1.807) is 31.2 Å². The van der Waals surface area contributed by atoms with Gasteiger partial charge in [0, 0.05) is 5.02 Å². The highest BCUT2D eigenvalue weighted by Gasteiger charge is 2.23. The Balaban J connectivity index is 2.80. The van der Waals surface area contributed by atoms with Gasteiger partial charge in [0.1, 0.15) is 0 Å². The minimum Gasteiger partial charge on any atom is -0.478 e. The van der Waals surface area contributed by atoms with Gasteiger partial charge in [-0.1, -0.05) is 35.3 Å². The van der Waals surface area contributed by atoms with Crippen molar-refractivity contribution in [3.63, 3.8) is 0 Å². The largest absolute Gasteiger partial charge is 0.478 e. The van der Waals surface area contributed by atoms with Gasteiger partial charge in [-0.25, -0.2) is 9.59 Å². The van der Waals surface area contributed by atoms with Crippen LogP contribution in [-0.2, 0) is 0 Å². The minimum atomic E-state index is -1.28. The van der Waals surface area contributed by atoms with Crippen molar-refractivity contribution in [3.8, 4) is 11.1 Å². The third kappa shape index (κ3) is 2.86. The highest BCUT2D eigenvalue weighted by atomic mass is 35.5. The Morgan fingerprint density at radius 3 is 2.05 bits per heavy atom. The van der Waals surface area contributed by atoms with E-state index < -0.39 is 11.9 Å². The second-order valence-electron chi connectivity index (χ2n) is 4.40. The molecule has 0 aliphatic heterocycles. The number of carbonyl (C=O) groups is 2. The van der Waals surface area contributed by atoms with Crippen molar-refractivity contribution in [1.82, 2.24) is 0 Å². The summed E-state index contributed by atoms with van der Waals surface area (Å²) >= 11 is 11.7. The Morgan fingerprint density at radius 1 is 1.00 bits per heavy atom. The first-order valence-corrected chi connectivity index (χ1v) is 6.64. The second-order valence-corrected chi connectivity index (χ2v) is 5.22. The summed E-state index contributed by atoms with van der Waals surface area (Å²) < 4.78 is 0. The number of carboxylic acids is 2. The van der Waals surface area contributed by atoms with Gasteiger partial charge < -0.3 is 10.2 Å². The zero-order valence-corrected chi connectivity index (χ0v) is 12.4. The number of halogens is 2. The Kier molecular flexibility index (Phi) is 4.21. The lowest BCUT2D eigenvalue weighted by Crippen LogP contribution is -2.08. The second kappa shape index (κ2) is 5.76. The molecule has 0 spiro atoms. The summed E-state index contributed by atoms with van der Waals surface area (Å²) in [6, 6.07) is 8.04. The molecule has 0 atom stereocenters. The molecule has 2 N–H and O–H groups in total. The Labute approximate surface area is 130 Å². The van der Waals surface area contributed by atoms with Crippen LogP contribution in [0.5, 0.6) is 0 Å². The van der Waals surface area contributed by atoms with Crippen LogP contribution in [0.25, 0.3) is 11.1 Å². The lowest BCUT2D eigenvalue weighted by atomic mass is 9.93. The van der Waals surface area contributed by atoms with Gasteiger partial charge >= 0.3 is 11.9 Å². The Bertz CT molecular complexity index is 736. The summed E-state index contributed by atoms with van der Waals surface area (Å²) in [5.41, 5.74) is 1.11. The van der Waals surface area contributed by atoms with E-state index in [2.05, 4.69) is 0 Å². The maximum Gasteiger partial charge on any atom is 0.337 e. The normalized spacial score (nSPS) is 10.4. The Morgan fingerprint density at radius 2 is 1.57 bits per heavy atom. The molecular weight excluding hydrogens is 315 g/mol. The van der Waals surface area contributed by atoms with Crippen LogP contribution >= 0.6 is 23.2 Å². The predicted octanol–water partition coefficient (Wildman–Crippen LogP) is 4.37. The van der Waals surface area contributed by atoms with Crippen molar-refractivity contribution in [2.75, 3.05) is 0 Å². The zero-order chi connectivity index (χ0) is 15.7. The third-order valence-corrected chi connectivity index (χ3v) is 3.77. The van der Waals surface area contributed by atoms with E-state index in [1.807, 2.05) is 0 Å². The molecule has 4 nitrogen and oxygen atoms in total. The number of hydrogen-bond acceptors (Lipinski definition) is 2. The minimum absolute atomic E-state index is 0.207. The van der Waals surface area contributed by atoms with Gasteiger partial charge in [0.15, 0.2) is 0 Å². The molecule has 2 rings (SSSR count). The number of carboxylic acid groups (broad SMARTS) is 2. The number of benzene rings is 2. The van der Waals surface area contributed by atoms with E-state index in [0.29, 0.717) is 21.7 Å². The maximum atomic E-state index is 11.4. The summed E-state index contributed by atoms with van der Waals surface area (Å²) in [5, 5.41) is 18.7. The fourth-order valence-corrected chi connectivity index (χ4v) is 2.57. The molecule has 0 aliphatic rings. The number of aromatic carboxylic acids is 2. The average Bonchev–Trinajstić information content (AvgIpc) is 2.39. The highest BCUT2D eigenvalue weighted by molar-refractivity contribution is 6.36. The molecule has 0 unspecified atom stereocenters. The predicted molar refractivity (Wildman–Crippen MR) is 80.6 cm³/mol. The Hall–Kier alpha value is -2.04. The molecular formula is C15H10Cl2O4. The molecule has 0 saturated carbocycles. The summed E-state index contributed by atoms with van der Waals surface area (Å²) in [5.74, 6) is -2.55. The first kappa shape index (κ1) is 15.4. The first-order valence-electron chi connectivity index (χ1n) is 5.88. The lowest BCUT2D eigenvalue weighted by molar-refractivity contribution is 0.0695. The molecule has 0 saturated heterocycles. The van der Waals surface area contributed by atoms with Crippen molar-refractivity contribution < 1.29 is 19.8 Å². The van der Waals surface area contributed by atoms with Crippen LogP contribution in [0.15, 0.2) is 30.3 Å². The molecule has 0 fully saturated rings. The van der Waals surface area contributed by atoms with Crippen LogP contribution < -0.4 is 0 Å². The topological polar surface area (TPSA) is 74.6 Å². The van der Waals surface area contributed by atoms with Crippen molar-refractivity contribution in [1.29, 1.82) is 0 Å². The maximum absolute atomic E-state index is 11.4. The van der Waals surface area contributed by atoms with Crippen LogP contribution in [0.1, 0.15) is 26.3 Å². The van der Waals surface area contributed by atoms with Crippen molar-refractivity contribution in [2.24, 2.45) is 0 Å². The van der Waals surface area contributed by atoms with E-state index >= 15 is 0 Å². The van der Waals surface area contributed by atoms with Crippen molar-refractivity contribution in [2.45, 2.75) is 6.92 Å². The highest BCUT2D eigenvalue weighted by Crippen LogP contribution is 2.34. The molecule has 0 heterocycles.